The van der Waals surface area contributed by atoms with Crippen molar-refractivity contribution in [1.29, 1.82) is 5.26 Å². The molecule has 142 valence electrons. The van der Waals surface area contributed by atoms with Crippen molar-refractivity contribution in [3.8, 4) is 17.3 Å². The van der Waals surface area contributed by atoms with Crippen molar-refractivity contribution >= 4 is 33.4 Å². The molecule has 1 aromatic heterocycles. The summed E-state index contributed by atoms with van der Waals surface area (Å²) < 4.78 is 54.6. The van der Waals surface area contributed by atoms with Crippen molar-refractivity contribution < 1.29 is 22.4 Å². The summed E-state index contributed by atoms with van der Waals surface area (Å²) in [7, 11) is 0. The van der Waals surface area contributed by atoms with E-state index in [0.717, 1.165) is 12.1 Å². The van der Waals surface area contributed by atoms with Crippen molar-refractivity contribution in [3.05, 3.63) is 80.7 Å². The van der Waals surface area contributed by atoms with Crippen LogP contribution in [-0.2, 0) is 6.18 Å². The highest BCUT2D eigenvalue weighted by molar-refractivity contribution is 9.10. The van der Waals surface area contributed by atoms with E-state index in [1.807, 2.05) is 0 Å². The highest BCUT2D eigenvalue weighted by Gasteiger charge is 2.42. The fraction of sp³-hybridized carbons (Fsp3) is 0.0526. The third-order valence-electron chi connectivity index (χ3n) is 3.88. The van der Waals surface area contributed by atoms with Gasteiger partial charge in [-0.05, 0) is 46.3 Å². The van der Waals surface area contributed by atoms with E-state index in [9.17, 15) is 27.6 Å². The normalized spacial score (nSPS) is 11.3. The Morgan fingerprint density at radius 2 is 1.79 bits per heavy atom. The van der Waals surface area contributed by atoms with Crippen LogP contribution in [0.3, 0.4) is 0 Å². The van der Waals surface area contributed by atoms with Crippen LogP contribution in [0, 0.1) is 17.1 Å². The molecule has 3 nitrogen and oxygen atoms in total. The zero-order chi connectivity index (χ0) is 20.6. The summed E-state index contributed by atoms with van der Waals surface area (Å²) in [5.41, 5.74) is -2.13. The third kappa shape index (κ3) is 3.55. The van der Waals surface area contributed by atoms with Gasteiger partial charge in [0, 0.05) is 16.1 Å². The first-order chi connectivity index (χ1) is 13.1. The van der Waals surface area contributed by atoms with Crippen LogP contribution in [0.4, 0.5) is 17.6 Å². The van der Waals surface area contributed by atoms with Gasteiger partial charge in [0.05, 0.1) is 15.7 Å². The van der Waals surface area contributed by atoms with E-state index >= 15 is 0 Å². The van der Waals surface area contributed by atoms with Crippen LogP contribution >= 0.6 is 27.5 Å². The molecule has 0 aliphatic heterocycles. The smallest absolute Gasteiger partial charge is 0.269 e. The molecule has 1 heterocycles. The van der Waals surface area contributed by atoms with Crippen molar-refractivity contribution in [3.63, 3.8) is 0 Å². The number of nitriles is 1. The maximum Gasteiger partial charge on any atom is 0.433 e. The summed E-state index contributed by atoms with van der Waals surface area (Å²) in [5.74, 6) is -1.90. The molecule has 0 unspecified atom stereocenters. The molecular formula is C19H8BrClF4N2O. The van der Waals surface area contributed by atoms with Gasteiger partial charge in [-0.1, -0.05) is 29.8 Å². The molecule has 0 aliphatic carbocycles. The second kappa shape index (κ2) is 7.41. The first-order valence-corrected chi connectivity index (χ1v) is 8.80. The average molecular weight is 472 g/mol. The van der Waals surface area contributed by atoms with E-state index in [-0.39, 0.29) is 22.4 Å². The fourth-order valence-corrected chi connectivity index (χ4v) is 3.54. The van der Waals surface area contributed by atoms with Gasteiger partial charge in [-0.15, -0.1) is 0 Å². The standard InChI is InChI=1S/C19H8BrClF4N2O/c20-15-14(9-26)16(10-4-6-12(21)7-5-10)27(17(15)19(23,24)25)18(28)11-2-1-3-13(22)8-11/h1-8H. The Morgan fingerprint density at radius 1 is 1.14 bits per heavy atom. The Balaban J connectivity index is 2.40. The van der Waals surface area contributed by atoms with Crippen molar-refractivity contribution in [2.45, 2.75) is 6.18 Å². The molecule has 0 saturated heterocycles. The van der Waals surface area contributed by atoms with E-state index in [2.05, 4.69) is 15.9 Å². The minimum atomic E-state index is -4.96. The molecule has 0 spiro atoms. The number of alkyl halides is 3. The van der Waals surface area contributed by atoms with Crippen LogP contribution in [0.15, 0.2) is 53.0 Å². The first-order valence-electron chi connectivity index (χ1n) is 7.63. The van der Waals surface area contributed by atoms with Gasteiger partial charge in [0.2, 0.25) is 0 Å². The maximum atomic E-state index is 13.8. The summed E-state index contributed by atoms with van der Waals surface area (Å²) in [6, 6.07) is 11.6. The number of halogens is 6. The number of carbonyl (C=O) groups is 1. The lowest BCUT2D eigenvalue weighted by atomic mass is 10.1. The Bertz CT molecular complexity index is 1110. The molecule has 9 heteroatoms. The minimum Gasteiger partial charge on any atom is -0.269 e. The Labute approximate surface area is 169 Å². The summed E-state index contributed by atoms with van der Waals surface area (Å²) >= 11 is 8.63. The van der Waals surface area contributed by atoms with Gasteiger partial charge in [0.15, 0.2) is 0 Å². The SMILES string of the molecule is N#Cc1c(Br)c(C(F)(F)F)n(C(=O)c2cccc(F)c2)c1-c1ccc(Cl)cc1. The van der Waals surface area contributed by atoms with Gasteiger partial charge in [-0.2, -0.15) is 18.4 Å². The number of nitrogens with zero attached hydrogens (tertiary/aromatic N) is 2. The van der Waals surface area contributed by atoms with E-state index in [1.165, 1.54) is 36.4 Å². The quantitative estimate of drug-likeness (QED) is 0.412. The predicted molar refractivity (Wildman–Crippen MR) is 98.4 cm³/mol. The predicted octanol–water partition coefficient (Wildman–Crippen LogP) is 6.29. The van der Waals surface area contributed by atoms with Gasteiger partial charge in [0.1, 0.15) is 17.6 Å². The van der Waals surface area contributed by atoms with Crippen LogP contribution in [0.5, 0.6) is 0 Å². The molecule has 3 aromatic rings. The summed E-state index contributed by atoms with van der Waals surface area (Å²) in [6.07, 6.45) is -4.96. The van der Waals surface area contributed by atoms with Gasteiger partial charge < -0.3 is 0 Å². The second-order valence-electron chi connectivity index (χ2n) is 5.65. The molecule has 3 rings (SSSR count). The minimum absolute atomic E-state index is 0.168. The summed E-state index contributed by atoms with van der Waals surface area (Å²) in [4.78, 5) is 12.9. The lowest BCUT2D eigenvalue weighted by molar-refractivity contribution is -0.143. The van der Waals surface area contributed by atoms with Gasteiger partial charge in [0.25, 0.3) is 5.91 Å². The van der Waals surface area contributed by atoms with E-state index in [4.69, 9.17) is 11.6 Å². The van der Waals surface area contributed by atoms with Crippen LogP contribution in [-0.4, -0.2) is 10.5 Å². The molecule has 0 aliphatic rings. The zero-order valence-corrected chi connectivity index (χ0v) is 16.0. The fourth-order valence-electron chi connectivity index (χ4n) is 2.73. The number of rotatable bonds is 2. The highest BCUT2D eigenvalue weighted by atomic mass is 79.9. The average Bonchev–Trinajstić information content (AvgIpc) is 2.94. The number of hydrogen-bond acceptors (Lipinski definition) is 2. The lowest BCUT2D eigenvalue weighted by Gasteiger charge is -2.15. The molecule has 2 aromatic carbocycles. The van der Waals surface area contributed by atoms with Gasteiger partial charge in [-0.25, -0.2) is 4.39 Å². The lowest BCUT2D eigenvalue weighted by Crippen LogP contribution is -2.22. The molecule has 0 N–H and O–H groups in total. The van der Waals surface area contributed by atoms with E-state index in [1.54, 1.807) is 6.07 Å². The first kappa shape index (κ1) is 20.1. The molecule has 28 heavy (non-hydrogen) atoms. The zero-order valence-electron chi connectivity index (χ0n) is 13.7. The number of benzene rings is 2. The maximum absolute atomic E-state index is 13.8. The number of hydrogen-bond donors (Lipinski definition) is 0. The Hall–Kier alpha value is -2.63. The van der Waals surface area contributed by atoms with Crippen LogP contribution in [0.1, 0.15) is 21.6 Å². The van der Waals surface area contributed by atoms with Crippen molar-refractivity contribution in [1.82, 2.24) is 4.57 Å². The van der Waals surface area contributed by atoms with Crippen molar-refractivity contribution in [2.75, 3.05) is 0 Å². The van der Waals surface area contributed by atoms with Gasteiger partial charge in [-0.3, -0.25) is 9.36 Å². The van der Waals surface area contributed by atoms with E-state index in [0.29, 0.717) is 9.59 Å². The Morgan fingerprint density at radius 3 is 2.32 bits per heavy atom. The molecule has 0 atom stereocenters. The van der Waals surface area contributed by atoms with Crippen LogP contribution in [0.2, 0.25) is 5.02 Å². The van der Waals surface area contributed by atoms with Gasteiger partial charge >= 0.3 is 6.18 Å². The molecule has 0 amide bonds. The van der Waals surface area contributed by atoms with Crippen molar-refractivity contribution in [2.24, 2.45) is 0 Å². The van der Waals surface area contributed by atoms with Crippen LogP contribution < -0.4 is 0 Å². The van der Waals surface area contributed by atoms with Crippen LogP contribution in [0.25, 0.3) is 11.3 Å². The Kier molecular flexibility index (Phi) is 5.33. The summed E-state index contributed by atoms with van der Waals surface area (Å²) in [6.45, 7) is 0. The van der Waals surface area contributed by atoms with E-state index < -0.39 is 28.1 Å². The summed E-state index contributed by atoms with van der Waals surface area (Å²) in [5, 5.41) is 9.78. The highest BCUT2D eigenvalue weighted by Crippen LogP contribution is 2.43. The molecule has 0 fully saturated rings. The molecule has 0 bridgehead atoms. The topological polar surface area (TPSA) is 45.8 Å². The molecule has 0 saturated carbocycles. The molecular weight excluding hydrogens is 464 g/mol. The third-order valence-corrected chi connectivity index (χ3v) is 4.91. The number of carbonyl (C=O) groups excluding carboxylic acids is 1. The second-order valence-corrected chi connectivity index (χ2v) is 6.88. The largest absolute Gasteiger partial charge is 0.433 e. The number of aromatic nitrogens is 1. The monoisotopic (exact) mass is 470 g/mol. The molecule has 0 radical (unpaired) electrons.